The zero-order valence-corrected chi connectivity index (χ0v) is 14.4. The van der Waals surface area contributed by atoms with Gasteiger partial charge in [0, 0.05) is 12.4 Å². The predicted molar refractivity (Wildman–Crippen MR) is 93.4 cm³/mol. The van der Waals surface area contributed by atoms with E-state index in [0.29, 0.717) is 23.0 Å². The molecule has 4 heterocycles. The molecule has 0 saturated carbocycles. The minimum Gasteiger partial charge on any atom is -0.342 e. The summed E-state index contributed by atoms with van der Waals surface area (Å²) in [4.78, 5) is 12.8. The standard InChI is InChI=1S/C17H18N8O/c1-11(2)9-13(16-21-19-14-5-3-4-8-24(14)16)18-17(26)12-6-7-15-20-22-23-25(15)10-12/h3-8,10-11,13H,9H2,1-2H3,(H,18,26)/t13-/m0/s1. The van der Waals surface area contributed by atoms with Crippen LogP contribution in [0.2, 0.25) is 0 Å². The van der Waals surface area contributed by atoms with Crippen molar-refractivity contribution in [2.24, 2.45) is 5.92 Å². The van der Waals surface area contributed by atoms with Crippen molar-refractivity contribution in [1.82, 2.24) is 40.0 Å². The molecule has 0 unspecified atom stereocenters. The van der Waals surface area contributed by atoms with Gasteiger partial charge >= 0.3 is 0 Å². The summed E-state index contributed by atoms with van der Waals surface area (Å²) in [5.74, 6) is 0.880. The molecule has 0 aromatic carbocycles. The first-order valence-electron chi connectivity index (χ1n) is 8.40. The number of fused-ring (bicyclic) bond motifs is 2. The number of pyridine rings is 2. The highest BCUT2D eigenvalue weighted by Gasteiger charge is 2.22. The monoisotopic (exact) mass is 350 g/mol. The molecule has 0 spiro atoms. The molecular weight excluding hydrogens is 332 g/mol. The third-order valence-electron chi connectivity index (χ3n) is 4.12. The number of carbonyl (C=O) groups is 1. The van der Waals surface area contributed by atoms with Gasteiger partial charge in [0.2, 0.25) is 0 Å². The van der Waals surface area contributed by atoms with E-state index in [9.17, 15) is 4.79 Å². The molecule has 132 valence electrons. The van der Waals surface area contributed by atoms with E-state index in [1.165, 1.54) is 4.52 Å². The number of nitrogens with one attached hydrogen (secondary N) is 1. The number of rotatable bonds is 5. The summed E-state index contributed by atoms with van der Waals surface area (Å²) in [6.45, 7) is 4.21. The minimum atomic E-state index is -0.260. The van der Waals surface area contributed by atoms with Crippen LogP contribution in [-0.4, -0.2) is 40.5 Å². The number of amides is 1. The lowest BCUT2D eigenvalue weighted by atomic mass is 10.0. The lowest BCUT2D eigenvalue weighted by Gasteiger charge is -2.19. The van der Waals surface area contributed by atoms with Gasteiger partial charge in [-0.2, -0.15) is 4.52 Å². The molecule has 0 radical (unpaired) electrons. The van der Waals surface area contributed by atoms with Gasteiger partial charge in [-0.25, -0.2) is 0 Å². The first-order valence-corrected chi connectivity index (χ1v) is 8.40. The van der Waals surface area contributed by atoms with Crippen LogP contribution < -0.4 is 5.32 Å². The van der Waals surface area contributed by atoms with Crippen molar-refractivity contribution >= 4 is 17.2 Å². The van der Waals surface area contributed by atoms with Crippen molar-refractivity contribution in [3.05, 3.63) is 54.1 Å². The molecule has 0 aliphatic rings. The maximum Gasteiger partial charge on any atom is 0.253 e. The molecule has 4 aromatic heterocycles. The normalized spacial score (nSPS) is 12.7. The lowest BCUT2D eigenvalue weighted by molar-refractivity contribution is 0.0929. The second-order valence-corrected chi connectivity index (χ2v) is 6.54. The molecule has 9 nitrogen and oxygen atoms in total. The maximum absolute atomic E-state index is 12.8. The number of carbonyl (C=O) groups excluding carboxylic acids is 1. The van der Waals surface area contributed by atoms with Crippen molar-refractivity contribution in [3.63, 3.8) is 0 Å². The van der Waals surface area contributed by atoms with Crippen LogP contribution in [0.25, 0.3) is 11.3 Å². The Morgan fingerprint density at radius 3 is 2.85 bits per heavy atom. The molecule has 0 saturated heterocycles. The first-order chi connectivity index (χ1) is 12.6. The van der Waals surface area contributed by atoms with Crippen LogP contribution >= 0.6 is 0 Å². The van der Waals surface area contributed by atoms with Crippen molar-refractivity contribution in [2.45, 2.75) is 26.3 Å². The highest BCUT2D eigenvalue weighted by atomic mass is 16.1. The Hall–Kier alpha value is -3.36. The van der Waals surface area contributed by atoms with E-state index in [2.05, 4.69) is 44.9 Å². The van der Waals surface area contributed by atoms with Crippen LogP contribution in [0.15, 0.2) is 42.7 Å². The Morgan fingerprint density at radius 2 is 2.00 bits per heavy atom. The van der Waals surface area contributed by atoms with Crippen LogP contribution in [0, 0.1) is 5.92 Å². The SMILES string of the molecule is CC(C)C[C@H](NC(=O)c1ccc2nnnn2c1)c1nnc2ccccn12. The zero-order valence-electron chi connectivity index (χ0n) is 14.4. The van der Waals surface area contributed by atoms with Crippen LogP contribution in [0.3, 0.4) is 0 Å². The van der Waals surface area contributed by atoms with Gasteiger partial charge in [-0.3, -0.25) is 9.20 Å². The summed E-state index contributed by atoms with van der Waals surface area (Å²) >= 11 is 0. The third kappa shape index (κ3) is 2.99. The molecule has 1 atom stereocenters. The predicted octanol–water partition coefficient (Wildman–Crippen LogP) is 1.68. The fourth-order valence-electron chi connectivity index (χ4n) is 2.91. The van der Waals surface area contributed by atoms with E-state index in [0.717, 1.165) is 12.1 Å². The summed E-state index contributed by atoms with van der Waals surface area (Å²) < 4.78 is 3.37. The smallest absolute Gasteiger partial charge is 0.253 e. The molecule has 0 bridgehead atoms. The zero-order chi connectivity index (χ0) is 18.1. The highest BCUT2D eigenvalue weighted by molar-refractivity contribution is 5.94. The lowest BCUT2D eigenvalue weighted by Crippen LogP contribution is -2.31. The first kappa shape index (κ1) is 16.1. The summed E-state index contributed by atoms with van der Waals surface area (Å²) in [5, 5.41) is 22.8. The van der Waals surface area contributed by atoms with Crippen LogP contribution in [0.5, 0.6) is 0 Å². The second kappa shape index (κ2) is 6.51. The summed E-state index contributed by atoms with van der Waals surface area (Å²) in [5.41, 5.74) is 1.82. The summed E-state index contributed by atoms with van der Waals surface area (Å²) in [7, 11) is 0. The van der Waals surface area contributed by atoms with Gasteiger partial charge in [-0.15, -0.1) is 15.3 Å². The molecule has 9 heteroatoms. The minimum absolute atomic E-state index is 0.208. The van der Waals surface area contributed by atoms with Gasteiger partial charge in [-0.1, -0.05) is 19.9 Å². The van der Waals surface area contributed by atoms with E-state index in [1.54, 1.807) is 18.3 Å². The molecule has 0 aliphatic carbocycles. The van der Waals surface area contributed by atoms with Crippen molar-refractivity contribution in [2.75, 3.05) is 0 Å². The number of nitrogens with zero attached hydrogens (tertiary/aromatic N) is 7. The Labute approximate surface area is 149 Å². The molecule has 1 amide bonds. The van der Waals surface area contributed by atoms with Crippen LogP contribution in [-0.2, 0) is 0 Å². The van der Waals surface area contributed by atoms with E-state index in [-0.39, 0.29) is 11.9 Å². The topological polar surface area (TPSA) is 102 Å². The summed E-state index contributed by atoms with van der Waals surface area (Å²) in [6.07, 6.45) is 4.25. The molecule has 26 heavy (non-hydrogen) atoms. The molecule has 1 N–H and O–H groups in total. The van der Waals surface area contributed by atoms with Gasteiger partial charge in [-0.05, 0) is 47.0 Å². The Bertz CT molecular complexity index is 1070. The number of aromatic nitrogens is 7. The molecule has 0 aliphatic heterocycles. The maximum atomic E-state index is 12.8. The molecule has 0 fully saturated rings. The van der Waals surface area contributed by atoms with Gasteiger partial charge in [0.15, 0.2) is 17.1 Å². The Morgan fingerprint density at radius 1 is 1.12 bits per heavy atom. The van der Waals surface area contributed by atoms with E-state index in [1.807, 2.05) is 28.8 Å². The fraction of sp³-hybridized carbons (Fsp3) is 0.294. The quantitative estimate of drug-likeness (QED) is 0.587. The Kier molecular flexibility index (Phi) is 4.04. The van der Waals surface area contributed by atoms with E-state index < -0.39 is 0 Å². The van der Waals surface area contributed by atoms with E-state index in [4.69, 9.17) is 0 Å². The number of tetrazole rings is 1. The van der Waals surface area contributed by atoms with Crippen LogP contribution in [0.4, 0.5) is 0 Å². The average Bonchev–Trinajstić information content (AvgIpc) is 3.26. The van der Waals surface area contributed by atoms with Gasteiger partial charge in [0.1, 0.15) is 0 Å². The number of hydrogen-bond acceptors (Lipinski definition) is 6. The van der Waals surface area contributed by atoms with Crippen molar-refractivity contribution in [1.29, 1.82) is 0 Å². The van der Waals surface area contributed by atoms with Gasteiger partial charge in [0.05, 0.1) is 11.6 Å². The van der Waals surface area contributed by atoms with Crippen molar-refractivity contribution < 1.29 is 4.79 Å². The third-order valence-corrected chi connectivity index (χ3v) is 4.12. The van der Waals surface area contributed by atoms with Gasteiger partial charge < -0.3 is 5.32 Å². The highest BCUT2D eigenvalue weighted by Crippen LogP contribution is 2.21. The largest absolute Gasteiger partial charge is 0.342 e. The molecule has 4 rings (SSSR count). The van der Waals surface area contributed by atoms with Crippen LogP contribution in [0.1, 0.15) is 42.5 Å². The fourth-order valence-corrected chi connectivity index (χ4v) is 2.91. The average molecular weight is 350 g/mol. The molecule has 4 aromatic rings. The number of hydrogen-bond donors (Lipinski definition) is 1. The Balaban J connectivity index is 1.65. The summed E-state index contributed by atoms with van der Waals surface area (Å²) in [6, 6.07) is 8.86. The van der Waals surface area contributed by atoms with E-state index >= 15 is 0 Å². The molecular formula is C17H18N8O. The second-order valence-electron chi connectivity index (χ2n) is 6.54. The van der Waals surface area contributed by atoms with Crippen molar-refractivity contribution in [3.8, 4) is 0 Å². The van der Waals surface area contributed by atoms with Gasteiger partial charge in [0.25, 0.3) is 5.91 Å².